The van der Waals surface area contributed by atoms with Crippen LogP contribution in [0, 0.1) is 0 Å². The van der Waals surface area contributed by atoms with Gasteiger partial charge in [-0.3, -0.25) is 4.57 Å². The highest BCUT2D eigenvalue weighted by atomic mass is 16.6. The van der Waals surface area contributed by atoms with E-state index >= 15 is 0 Å². The van der Waals surface area contributed by atoms with Crippen LogP contribution in [0.25, 0.3) is 11.0 Å². The number of nitrogens with zero attached hydrogens (tertiary/aromatic N) is 2. The molecule has 0 atom stereocenters. The van der Waals surface area contributed by atoms with Crippen molar-refractivity contribution in [3.05, 3.63) is 28.7 Å². The Morgan fingerprint density at radius 1 is 1.24 bits per heavy atom. The lowest BCUT2D eigenvalue weighted by Gasteiger charge is -2.33. The number of carbonyl (C=O) groups excluding carboxylic acids is 1. The van der Waals surface area contributed by atoms with Crippen molar-refractivity contribution in [2.75, 3.05) is 20.2 Å². The van der Waals surface area contributed by atoms with Gasteiger partial charge in [0.15, 0.2) is 0 Å². The summed E-state index contributed by atoms with van der Waals surface area (Å²) in [7, 11) is 1.60. The quantitative estimate of drug-likeness (QED) is 0.906. The molecule has 25 heavy (non-hydrogen) atoms. The first-order valence-electron chi connectivity index (χ1n) is 8.55. The van der Waals surface area contributed by atoms with Crippen molar-refractivity contribution in [2.24, 2.45) is 0 Å². The lowest BCUT2D eigenvalue weighted by atomic mass is 10.0. The molecule has 0 saturated carbocycles. The van der Waals surface area contributed by atoms with Crippen molar-refractivity contribution < 1.29 is 14.3 Å². The molecule has 0 spiro atoms. The van der Waals surface area contributed by atoms with Crippen LogP contribution < -0.4 is 10.4 Å². The van der Waals surface area contributed by atoms with Crippen molar-refractivity contribution in [3.8, 4) is 5.75 Å². The molecule has 0 unspecified atom stereocenters. The standard InChI is InChI=1S/C18H25N3O4/c1-18(2,3)25-17(23)20-10-8-12(9-11-20)21-15-13(19-16(21)22)6-5-7-14(15)24-4/h5-7,12H,8-11H2,1-4H3,(H,19,22). The number of rotatable bonds is 2. The first-order chi connectivity index (χ1) is 11.8. The predicted molar refractivity (Wildman–Crippen MR) is 95.2 cm³/mol. The maximum Gasteiger partial charge on any atom is 0.410 e. The lowest BCUT2D eigenvalue weighted by molar-refractivity contribution is 0.0189. The number of ether oxygens (including phenoxy) is 2. The van der Waals surface area contributed by atoms with Crippen molar-refractivity contribution >= 4 is 17.1 Å². The van der Waals surface area contributed by atoms with Crippen LogP contribution in [0.15, 0.2) is 23.0 Å². The number of carbonyl (C=O) groups is 1. The van der Waals surface area contributed by atoms with Gasteiger partial charge in [-0.1, -0.05) is 6.07 Å². The smallest absolute Gasteiger partial charge is 0.410 e. The first kappa shape index (κ1) is 17.4. The highest BCUT2D eigenvalue weighted by molar-refractivity contribution is 5.82. The number of para-hydroxylation sites is 1. The SMILES string of the molecule is COc1cccc2[nH]c(=O)n(C3CCN(C(=O)OC(C)(C)C)CC3)c12. The van der Waals surface area contributed by atoms with E-state index in [1.54, 1.807) is 16.6 Å². The number of nitrogens with one attached hydrogen (secondary N) is 1. The summed E-state index contributed by atoms with van der Waals surface area (Å²) < 4.78 is 12.6. The van der Waals surface area contributed by atoms with Crippen molar-refractivity contribution in [1.29, 1.82) is 0 Å². The van der Waals surface area contributed by atoms with Gasteiger partial charge < -0.3 is 19.4 Å². The Bertz CT molecular complexity index is 823. The molecule has 1 N–H and O–H groups in total. The number of hydrogen-bond donors (Lipinski definition) is 1. The second kappa shape index (κ2) is 6.46. The number of H-pyrrole nitrogens is 1. The van der Waals surface area contributed by atoms with Crippen LogP contribution >= 0.6 is 0 Å². The van der Waals surface area contributed by atoms with Gasteiger partial charge >= 0.3 is 11.8 Å². The topological polar surface area (TPSA) is 76.6 Å². The fraction of sp³-hybridized carbons (Fsp3) is 0.556. The summed E-state index contributed by atoms with van der Waals surface area (Å²) >= 11 is 0. The Balaban J connectivity index is 1.80. The van der Waals surface area contributed by atoms with Gasteiger partial charge in [0.25, 0.3) is 0 Å². The first-order valence-corrected chi connectivity index (χ1v) is 8.55. The molecule has 1 saturated heterocycles. The van der Waals surface area contributed by atoms with Gasteiger partial charge in [0.1, 0.15) is 16.9 Å². The zero-order valence-corrected chi connectivity index (χ0v) is 15.2. The number of likely N-dealkylation sites (tertiary alicyclic amines) is 1. The van der Waals surface area contributed by atoms with Crippen LogP contribution in [0.5, 0.6) is 5.75 Å². The molecule has 136 valence electrons. The highest BCUT2D eigenvalue weighted by Gasteiger charge is 2.29. The molecular weight excluding hydrogens is 322 g/mol. The van der Waals surface area contributed by atoms with Gasteiger partial charge in [0.2, 0.25) is 0 Å². The van der Waals surface area contributed by atoms with E-state index in [2.05, 4.69) is 4.98 Å². The van der Waals surface area contributed by atoms with Gasteiger partial charge in [0, 0.05) is 19.1 Å². The average molecular weight is 347 g/mol. The number of fused-ring (bicyclic) bond motifs is 1. The molecule has 1 aromatic carbocycles. The number of aromatic nitrogens is 2. The van der Waals surface area contributed by atoms with Crippen LogP contribution in [-0.4, -0.2) is 46.3 Å². The average Bonchev–Trinajstić information content (AvgIpc) is 2.89. The summed E-state index contributed by atoms with van der Waals surface area (Å²) in [6, 6.07) is 5.59. The van der Waals surface area contributed by atoms with E-state index in [-0.39, 0.29) is 17.8 Å². The van der Waals surface area contributed by atoms with Crippen LogP contribution in [0.2, 0.25) is 0 Å². The van der Waals surface area contributed by atoms with E-state index in [1.807, 2.05) is 39.0 Å². The maximum absolute atomic E-state index is 12.5. The Morgan fingerprint density at radius 2 is 1.92 bits per heavy atom. The van der Waals surface area contributed by atoms with Gasteiger partial charge in [-0.15, -0.1) is 0 Å². The van der Waals surface area contributed by atoms with Crippen molar-refractivity contribution in [2.45, 2.75) is 45.3 Å². The molecule has 1 aliphatic heterocycles. The summed E-state index contributed by atoms with van der Waals surface area (Å²) in [5.41, 5.74) is 0.898. The molecule has 2 heterocycles. The minimum absolute atomic E-state index is 0.0243. The van der Waals surface area contributed by atoms with E-state index in [0.29, 0.717) is 31.7 Å². The number of amides is 1. The third-order valence-electron chi connectivity index (χ3n) is 4.40. The Kier molecular flexibility index (Phi) is 4.49. The Labute approximate surface area is 146 Å². The van der Waals surface area contributed by atoms with Gasteiger partial charge in [0.05, 0.1) is 12.6 Å². The van der Waals surface area contributed by atoms with Crippen molar-refractivity contribution in [3.63, 3.8) is 0 Å². The summed E-state index contributed by atoms with van der Waals surface area (Å²) in [5, 5.41) is 0. The Morgan fingerprint density at radius 3 is 2.52 bits per heavy atom. The third kappa shape index (κ3) is 3.50. The maximum atomic E-state index is 12.5. The zero-order chi connectivity index (χ0) is 18.2. The van der Waals surface area contributed by atoms with Crippen LogP contribution in [0.1, 0.15) is 39.7 Å². The third-order valence-corrected chi connectivity index (χ3v) is 4.40. The molecule has 1 aromatic heterocycles. The summed E-state index contributed by atoms with van der Waals surface area (Å²) in [6.07, 6.45) is 1.10. The minimum atomic E-state index is -0.505. The molecule has 3 rings (SSSR count). The van der Waals surface area contributed by atoms with E-state index < -0.39 is 5.60 Å². The number of methoxy groups -OCH3 is 1. The predicted octanol–water partition coefficient (Wildman–Crippen LogP) is 2.91. The molecule has 0 bridgehead atoms. The monoisotopic (exact) mass is 347 g/mol. The number of hydrogen-bond acceptors (Lipinski definition) is 4. The minimum Gasteiger partial charge on any atom is -0.494 e. The fourth-order valence-corrected chi connectivity index (χ4v) is 3.29. The number of imidazole rings is 1. The number of aromatic amines is 1. The van der Waals surface area contributed by atoms with Crippen molar-refractivity contribution in [1.82, 2.24) is 14.5 Å². The molecule has 1 amide bonds. The lowest BCUT2D eigenvalue weighted by Crippen LogP contribution is -2.43. The largest absolute Gasteiger partial charge is 0.494 e. The second-order valence-electron chi connectivity index (χ2n) is 7.36. The summed E-state index contributed by atoms with van der Waals surface area (Å²) in [5.74, 6) is 0.672. The second-order valence-corrected chi connectivity index (χ2v) is 7.36. The van der Waals surface area contributed by atoms with Gasteiger partial charge in [-0.05, 0) is 45.7 Å². The molecule has 1 aliphatic rings. The molecule has 7 heteroatoms. The highest BCUT2D eigenvalue weighted by Crippen LogP contribution is 2.30. The molecule has 1 fully saturated rings. The van der Waals surface area contributed by atoms with E-state index in [4.69, 9.17) is 9.47 Å². The van der Waals surface area contributed by atoms with Crippen LogP contribution in [0.4, 0.5) is 4.79 Å². The normalized spacial score (nSPS) is 16.2. The molecule has 2 aromatic rings. The van der Waals surface area contributed by atoms with Gasteiger partial charge in [-0.2, -0.15) is 0 Å². The number of piperidine rings is 1. The van der Waals surface area contributed by atoms with Gasteiger partial charge in [-0.25, -0.2) is 9.59 Å². The Hall–Kier alpha value is -2.44. The zero-order valence-electron chi connectivity index (χ0n) is 15.2. The van der Waals surface area contributed by atoms with E-state index in [9.17, 15) is 9.59 Å². The fourth-order valence-electron chi connectivity index (χ4n) is 3.29. The number of benzene rings is 1. The van der Waals surface area contributed by atoms with Crippen LogP contribution in [-0.2, 0) is 4.74 Å². The molecule has 7 nitrogen and oxygen atoms in total. The molecular formula is C18H25N3O4. The molecule has 0 aliphatic carbocycles. The summed E-state index contributed by atoms with van der Waals surface area (Å²) in [4.78, 5) is 29.2. The van der Waals surface area contributed by atoms with Crippen LogP contribution in [0.3, 0.4) is 0 Å². The summed E-state index contributed by atoms with van der Waals surface area (Å²) in [6.45, 7) is 6.70. The van der Waals surface area contributed by atoms with E-state index in [0.717, 1.165) is 11.0 Å². The molecule has 0 radical (unpaired) electrons. The van der Waals surface area contributed by atoms with E-state index in [1.165, 1.54) is 0 Å².